The summed E-state index contributed by atoms with van der Waals surface area (Å²) in [4.78, 5) is 33.0. The lowest BCUT2D eigenvalue weighted by atomic mass is 9.78. The summed E-state index contributed by atoms with van der Waals surface area (Å²) in [5.41, 5.74) is 3.10. The van der Waals surface area contributed by atoms with Crippen molar-refractivity contribution in [3.05, 3.63) is 125 Å². The van der Waals surface area contributed by atoms with Gasteiger partial charge < -0.3 is 65.9 Å². The molecule has 0 radical (unpaired) electrons. The topological polar surface area (TPSA) is 157 Å². The van der Waals surface area contributed by atoms with Gasteiger partial charge in [0.25, 0.3) is 14.2 Å². The second kappa shape index (κ2) is 31.9. The summed E-state index contributed by atoms with van der Waals surface area (Å²) in [5.74, 6) is -4.01. The molecular weight excluding hydrogens is 1270 g/mol. The van der Waals surface area contributed by atoms with Crippen molar-refractivity contribution in [1.82, 2.24) is 4.90 Å². The van der Waals surface area contributed by atoms with Crippen molar-refractivity contribution in [3.63, 3.8) is 0 Å². The van der Waals surface area contributed by atoms with Crippen molar-refractivity contribution in [2.24, 2.45) is 29.6 Å². The van der Waals surface area contributed by atoms with E-state index in [4.69, 9.17) is 61.0 Å². The van der Waals surface area contributed by atoms with Gasteiger partial charge in [0.1, 0.15) is 17.9 Å². The van der Waals surface area contributed by atoms with Crippen LogP contribution in [0, 0.1) is 29.6 Å². The summed E-state index contributed by atoms with van der Waals surface area (Å²) in [5, 5.41) is 2.10. The SMILES string of the molecule is COc1ccc(CO[C@H]2CO[C@]34C[C@H](OC(C)(C)O3)[C@@H](C)[C@@H](/C(C)=C/[C@@H]3CC[C@@H](O[Si](c5ccccc5)(c5ccccc5)C(C)(C)C)[C@H](OC)C3)OC(=O)[C@@H]3CCCCN3C(=O)C3=C(OC(C)(C)O3)[C@H](C)C[C@H](OC)[C@H](O[Si](C)(C)C(C)(C)C)[C@@H](OC)C[C@@H](C)C/C(C)=C/[C@H]4C2)cc1. The minimum absolute atomic E-state index is 0.0481. The van der Waals surface area contributed by atoms with E-state index in [9.17, 15) is 0 Å². The Labute approximate surface area is 590 Å². The summed E-state index contributed by atoms with van der Waals surface area (Å²) >= 11 is 0. The van der Waals surface area contributed by atoms with Crippen LogP contribution >= 0.6 is 0 Å². The highest BCUT2D eigenvalue weighted by Crippen LogP contribution is 2.50. The molecule has 544 valence electrons. The predicted octanol–water partition coefficient (Wildman–Crippen LogP) is 15.3. The number of rotatable bonds is 15. The first-order chi connectivity index (χ1) is 46.2. The Morgan fingerprint density at radius 3 is 1.95 bits per heavy atom. The molecular formula is C80H121NO15Si2. The number of allylic oxidation sites excluding steroid dienone is 3. The Morgan fingerprint density at radius 1 is 0.714 bits per heavy atom. The molecule has 1 aliphatic carbocycles. The molecule has 3 saturated heterocycles. The van der Waals surface area contributed by atoms with Crippen molar-refractivity contribution >= 4 is 38.9 Å². The Bertz CT molecular complexity index is 3170. The van der Waals surface area contributed by atoms with E-state index in [1.165, 1.54) is 15.9 Å². The lowest BCUT2D eigenvalue weighted by Crippen LogP contribution is -2.68. The van der Waals surface area contributed by atoms with E-state index in [1.54, 1.807) is 33.3 Å². The molecule has 16 nitrogen and oxygen atoms in total. The van der Waals surface area contributed by atoms with Crippen LogP contribution in [0.1, 0.15) is 180 Å². The van der Waals surface area contributed by atoms with Crippen LogP contribution in [0.3, 0.4) is 0 Å². The molecule has 15 atom stereocenters. The number of carbonyl (C=O) groups is 2. The van der Waals surface area contributed by atoms with E-state index in [0.717, 1.165) is 42.6 Å². The lowest BCUT2D eigenvalue weighted by Gasteiger charge is -2.54. The molecule has 98 heavy (non-hydrogen) atoms. The van der Waals surface area contributed by atoms with Crippen LogP contribution in [-0.4, -0.2) is 147 Å². The first kappa shape index (κ1) is 77.5. The number of nitrogens with zero attached hydrogens (tertiary/aromatic N) is 1. The molecule has 9 rings (SSSR count). The number of piperidine rings is 1. The minimum atomic E-state index is -2.94. The molecule has 5 aliphatic heterocycles. The van der Waals surface area contributed by atoms with Crippen LogP contribution in [0.5, 0.6) is 5.75 Å². The zero-order chi connectivity index (χ0) is 71.3. The fourth-order valence-corrected chi connectivity index (χ4v) is 22.2. The van der Waals surface area contributed by atoms with Gasteiger partial charge in [-0.25, -0.2) is 4.79 Å². The van der Waals surface area contributed by atoms with Crippen LogP contribution in [0.25, 0.3) is 0 Å². The molecule has 6 aliphatic rings. The van der Waals surface area contributed by atoms with Gasteiger partial charge >= 0.3 is 5.97 Å². The van der Waals surface area contributed by atoms with E-state index in [2.05, 4.69) is 162 Å². The molecule has 5 heterocycles. The fraction of sp³-hybridized carbons (Fsp3) is 0.675. The second-order valence-electron chi connectivity index (χ2n) is 32.8. The van der Waals surface area contributed by atoms with Crippen molar-refractivity contribution in [2.75, 3.05) is 41.6 Å². The Hall–Kier alpha value is -4.71. The molecule has 1 saturated carbocycles. The average Bonchev–Trinajstić information content (AvgIpc) is 1.15. The second-order valence-corrected chi connectivity index (χ2v) is 41.8. The molecule has 1 amide bonds. The summed E-state index contributed by atoms with van der Waals surface area (Å²) in [7, 11) is 1.56. The maximum absolute atomic E-state index is 15.8. The zero-order valence-corrected chi connectivity index (χ0v) is 65.3. The molecule has 0 aromatic heterocycles. The third kappa shape index (κ3) is 17.8. The number of esters is 1. The predicted molar refractivity (Wildman–Crippen MR) is 389 cm³/mol. The van der Waals surface area contributed by atoms with Gasteiger partial charge in [-0.15, -0.1) is 0 Å². The van der Waals surface area contributed by atoms with E-state index >= 15 is 9.59 Å². The number of fused-ring (bicyclic) bond motifs is 2. The maximum atomic E-state index is 15.8. The fourth-order valence-electron chi connectivity index (χ4n) is 16.1. The summed E-state index contributed by atoms with van der Waals surface area (Å²) in [6.07, 6.45) is 8.22. The van der Waals surface area contributed by atoms with Crippen molar-refractivity contribution < 1.29 is 70.5 Å². The molecule has 2 bridgehead atoms. The molecule has 0 N–H and O–H groups in total. The lowest BCUT2D eigenvalue weighted by molar-refractivity contribution is -0.429. The van der Waals surface area contributed by atoms with Crippen LogP contribution in [0.4, 0.5) is 0 Å². The van der Waals surface area contributed by atoms with E-state index in [1.807, 2.05) is 52.0 Å². The van der Waals surface area contributed by atoms with Gasteiger partial charge in [-0.05, 0) is 161 Å². The molecule has 0 unspecified atom stereocenters. The largest absolute Gasteiger partial charge is 0.497 e. The molecule has 3 aromatic rings. The number of hydrogen-bond acceptors (Lipinski definition) is 15. The first-order valence-corrected chi connectivity index (χ1v) is 41.3. The molecule has 1 spiro atoms. The quantitative estimate of drug-likeness (QED) is 0.0803. The van der Waals surface area contributed by atoms with Gasteiger partial charge in [0.15, 0.2) is 25.7 Å². The van der Waals surface area contributed by atoms with Gasteiger partial charge in [-0.2, -0.15) is 0 Å². The van der Waals surface area contributed by atoms with Crippen molar-refractivity contribution in [3.8, 4) is 5.75 Å². The average molecular weight is 1390 g/mol. The van der Waals surface area contributed by atoms with E-state index < -0.39 is 82.2 Å². The Morgan fingerprint density at radius 2 is 1.35 bits per heavy atom. The number of carbonyl (C=O) groups excluding carboxylic acids is 2. The summed E-state index contributed by atoms with van der Waals surface area (Å²) < 4.78 is 89.3. The van der Waals surface area contributed by atoms with Crippen molar-refractivity contribution in [2.45, 2.75) is 276 Å². The van der Waals surface area contributed by atoms with Crippen LogP contribution in [0.15, 0.2) is 120 Å². The van der Waals surface area contributed by atoms with Gasteiger partial charge in [0.05, 0.1) is 63.1 Å². The summed E-state index contributed by atoms with van der Waals surface area (Å²) in [6, 6.07) is 28.6. The highest BCUT2D eigenvalue weighted by Gasteiger charge is 2.57. The van der Waals surface area contributed by atoms with E-state index in [-0.39, 0.29) is 70.5 Å². The zero-order valence-electron chi connectivity index (χ0n) is 63.3. The number of amides is 1. The monoisotopic (exact) mass is 1390 g/mol. The third-order valence-corrected chi connectivity index (χ3v) is 31.7. The number of methoxy groups -OCH3 is 4. The standard InChI is InChI=1S/C80H121NO15Si2/c1-52-42-53(2)44-67(86-18)72(95-97(20,21)76(6,7)8)68(87-19)46-55(4)71-73(93-78(12,13)92-71)74(82)81-41-29-28-34-64(81)75(83)90-70(56(5)69-49-80(96-79(14,15)91-69)59(43-52)48-61(51-89-80)88-50-57-35-38-60(84-16)39-36-57)54(3)45-58-37-40-65(66(47-58)85-17)94-98(77(9,10)11,62-30-24-22-25-31-62)63-32-26-23-27-33-63/h22-27,30-33,35-36,38-39,43,45,53,55-56,58-59,61,64-70,72H,28-29,34,37,40-42,44,46-51H2,1-21H3/b52-43+,54-45+/t53-,55+,56+,58-,59-,61+,64-,65+,66+,67-,68-,69-,70+,72+,80+/m0/s1. The first-order valence-electron chi connectivity index (χ1n) is 36.5. The van der Waals surface area contributed by atoms with Crippen LogP contribution in [-0.2, 0) is 72.4 Å². The number of cyclic esters (lactones) is 1. The number of hydrogen-bond donors (Lipinski definition) is 0. The Kier molecular flexibility index (Phi) is 25.2. The molecule has 4 fully saturated rings. The van der Waals surface area contributed by atoms with Crippen LogP contribution < -0.4 is 15.1 Å². The van der Waals surface area contributed by atoms with Gasteiger partial charge in [0, 0.05) is 65.9 Å². The smallest absolute Gasteiger partial charge is 0.329 e. The van der Waals surface area contributed by atoms with Crippen molar-refractivity contribution in [1.29, 1.82) is 0 Å². The normalized spacial score (nSPS) is 32.6. The number of benzene rings is 3. The van der Waals surface area contributed by atoms with Gasteiger partial charge in [0.2, 0.25) is 11.5 Å². The van der Waals surface area contributed by atoms with Gasteiger partial charge in [-0.3, -0.25) is 4.79 Å². The maximum Gasteiger partial charge on any atom is 0.329 e. The van der Waals surface area contributed by atoms with Crippen LogP contribution in [0.2, 0.25) is 23.2 Å². The molecule has 3 aromatic carbocycles. The summed E-state index contributed by atoms with van der Waals surface area (Å²) in [6.45, 7) is 37.5. The van der Waals surface area contributed by atoms with E-state index in [0.29, 0.717) is 63.9 Å². The third-order valence-electron chi connectivity index (χ3n) is 22.2. The number of ether oxygens (including phenoxy) is 11. The Balaban J connectivity index is 1.12. The minimum Gasteiger partial charge on any atom is -0.497 e. The highest BCUT2D eigenvalue weighted by molar-refractivity contribution is 6.99. The molecule has 18 heteroatoms. The van der Waals surface area contributed by atoms with Gasteiger partial charge in [-0.1, -0.05) is 153 Å². The highest BCUT2D eigenvalue weighted by atomic mass is 28.4.